The Kier molecular flexibility index (Phi) is 4.03. The summed E-state index contributed by atoms with van der Waals surface area (Å²) in [5.41, 5.74) is 3.40. The summed E-state index contributed by atoms with van der Waals surface area (Å²) in [6.07, 6.45) is 0.823. The smallest absolute Gasteiger partial charge is 0.300 e. The maximum absolute atomic E-state index is 13.4. The van der Waals surface area contributed by atoms with Crippen molar-refractivity contribution < 1.29 is 9.18 Å². The molecule has 0 spiro atoms. The fourth-order valence-corrected chi connectivity index (χ4v) is 4.43. The zero-order chi connectivity index (χ0) is 18.4. The summed E-state index contributed by atoms with van der Waals surface area (Å²) >= 11 is 1.22. The van der Waals surface area contributed by atoms with Crippen LogP contribution in [0.3, 0.4) is 0 Å². The van der Waals surface area contributed by atoms with Crippen LogP contribution in [-0.4, -0.2) is 39.7 Å². The van der Waals surface area contributed by atoms with E-state index in [2.05, 4.69) is 10.5 Å². The molecule has 2 unspecified atom stereocenters. The fourth-order valence-electron chi connectivity index (χ4n) is 3.47. The highest BCUT2D eigenvalue weighted by Crippen LogP contribution is 2.28. The van der Waals surface area contributed by atoms with Gasteiger partial charge in [0.15, 0.2) is 12.3 Å². The number of nitrogens with one attached hydrogen (secondary N) is 1. The van der Waals surface area contributed by atoms with E-state index in [0.29, 0.717) is 28.0 Å². The molecule has 1 saturated heterocycles. The quantitative estimate of drug-likeness (QED) is 0.855. The Morgan fingerprint density at radius 3 is 2.73 bits per heavy atom. The molecule has 2 aliphatic rings. The largest absolute Gasteiger partial charge is 0.323 e. The monoisotopic (exact) mass is 375 g/mol. The predicted molar refractivity (Wildman–Crippen MR) is 95.4 cm³/mol. The minimum Gasteiger partial charge on any atom is -0.300 e. The molecule has 2 aromatic rings. The molecule has 3 heterocycles. The molecule has 4 rings (SSSR count). The highest BCUT2D eigenvalue weighted by Gasteiger charge is 2.48. The molecule has 136 valence electrons. The summed E-state index contributed by atoms with van der Waals surface area (Å²) in [5, 5.41) is 4.29. The zero-order valence-electron chi connectivity index (χ0n) is 14.3. The topological polar surface area (TPSA) is 69.9 Å². The van der Waals surface area contributed by atoms with Gasteiger partial charge in [-0.3, -0.25) is 24.6 Å². The predicted octanol–water partition coefficient (Wildman–Crippen LogP) is 0.618. The van der Waals surface area contributed by atoms with Crippen LogP contribution in [0.25, 0.3) is 6.08 Å². The van der Waals surface area contributed by atoms with Gasteiger partial charge in [-0.05, 0) is 37.6 Å². The molecule has 0 aliphatic carbocycles. The number of aromatic nitrogens is 1. The molecule has 2 amide bonds. The third-order valence-electron chi connectivity index (χ3n) is 4.65. The molecule has 1 N–H and O–H groups in total. The second kappa shape index (κ2) is 6.24. The number of hydrogen-bond acceptors (Lipinski definition) is 5. The third kappa shape index (κ3) is 2.42. The van der Waals surface area contributed by atoms with E-state index in [1.807, 2.05) is 13.8 Å². The Labute approximate surface area is 152 Å². The van der Waals surface area contributed by atoms with Crippen LogP contribution in [0.1, 0.15) is 25.6 Å². The number of carbonyl (C=O) groups excluding carboxylic acids is 1. The highest BCUT2D eigenvalue weighted by atomic mass is 32.1. The number of likely N-dealkylation sites (N-methyl/N-ethyl adjacent to an activating group) is 2. The molecule has 9 heteroatoms. The molecule has 1 aromatic heterocycles. The van der Waals surface area contributed by atoms with E-state index < -0.39 is 6.17 Å². The molecule has 7 nitrogen and oxygen atoms in total. The number of halogens is 1. The minimum atomic E-state index is -0.446. The molecule has 0 saturated carbocycles. The van der Waals surface area contributed by atoms with Crippen LogP contribution < -0.4 is 20.3 Å². The number of thiazole rings is 1. The number of carbonyl (C=O) groups is 1. The number of hydrogen-bond donors (Lipinski definition) is 1. The lowest BCUT2D eigenvalue weighted by molar-refractivity contribution is 0.151. The van der Waals surface area contributed by atoms with E-state index in [4.69, 9.17) is 0 Å². The Hall–Kier alpha value is -2.68. The second-order valence-electron chi connectivity index (χ2n) is 6.08. The van der Waals surface area contributed by atoms with Crippen LogP contribution in [0.4, 0.5) is 9.18 Å². The molecular weight excluding hydrogens is 357 g/mol. The van der Waals surface area contributed by atoms with Crippen LogP contribution >= 0.6 is 11.3 Å². The summed E-state index contributed by atoms with van der Waals surface area (Å²) in [6.45, 7) is 4.79. The van der Waals surface area contributed by atoms with Crippen molar-refractivity contribution in [2.24, 2.45) is 5.10 Å². The van der Waals surface area contributed by atoms with Crippen molar-refractivity contribution in [3.63, 3.8) is 0 Å². The molecule has 26 heavy (non-hydrogen) atoms. The first-order valence-electron chi connectivity index (χ1n) is 8.44. The molecule has 1 aromatic carbocycles. The molecule has 0 radical (unpaired) electrons. The number of urea groups is 1. The van der Waals surface area contributed by atoms with E-state index in [-0.39, 0.29) is 23.6 Å². The van der Waals surface area contributed by atoms with E-state index in [1.165, 1.54) is 23.5 Å². The van der Waals surface area contributed by atoms with Crippen molar-refractivity contribution >= 4 is 23.4 Å². The average Bonchev–Trinajstić information content (AvgIpc) is 3.08. The Bertz CT molecular complexity index is 1050. The van der Waals surface area contributed by atoms with Crippen molar-refractivity contribution in [3.8, 4) is 0 Å². The molecule has 0 bridgehead atoms. The van der Waals surface area contributed by atoms with Gasteiger partial charge in [0, 0.05) is 13.1 Å². The van der Waals surface area contributed by atoms with Crippen LogP contribution in [-0.2, 0) is 0 Å². The first-order chi connectivity index (χ1) is 12.5. The normalized spacial score (nSPS) is 22.1. The number of amides is 2. The minimum absolute atomic E-state index is 0.116. The van der Waals surface area contributed by atoms with Gasteiger partial charge in [0.25, 0.3) is 5.56 Å². The molecule has 1 fully saturated rings. The molecule has 2 aliphatic heterocycles. The maximum Gasteiger partial charge on any atom is 0.323 e. The van der Waals surface area contributed by atoms with Gasteiger partial charge < -0.3 is 0 Å². The Morgan fingerprint density at radius 2 is 2.04 bits per heavy atom. The second-order valence-corrected chi connectivity index (χ2v) is 7.09. The van der Waals surface area contributed by atoms with Crippen molar-refractivity contribution in [3.05, 3.63) is 55.3 Å². The zero-order valence-corrected chi connectivity index (χ0v) is 15.2. The van der Waals surface area contributed by atoms with Gasteiger partial charge in [-0.2, -0.15) is 0 Å². The first kappa shape index (κ1) is 16.8. The number of fused-ring (bicyclic) bond motifs is 3. The maximum atomic E-state index is 13.4. The van der Waals surface area contributed by atoms with Gasteiger partial charge in [0.05, 0.1) is 4.53 Å². The van der Waals surface area contributed by atoms with E-state index >= 15 is 0 Å². The van der Waals surface area contributed by atoms with Crippen LogP contribution in [0.2, 0.25) is 0 Å². The molecule has 2 atom stereocenters. The van der Waals surface area contributed by atoms with Crippen molar-refractivity contribution in [1.82, 2.24) is 19.8 Å². The lowest BCUT2D eigenvalue weighted by atomic mass is 10.2. The van der Waals surface area contributed by atoms with Crippen LogP contribution in [0.5, 0.6) is 0 Å². The standard InChI is InChI=1S/C17H18FN5O2S/c1-3-21-13-14(22(4-2)17(21)25)23-15(24)12(26-16(23)20-19-13)9-10-6-5-7-11(18)8-10/h5-9,13-14,19H,3-4H2,1-2H3/b12-9-. The van der Waals surface area contributed by atoms with Gasteiger partial charge in [-0.15, -0.1) is 5.10 Å². The average molecular weight is 375 g/mol. The first-order valence-corrected chi connectivity index (χ1v) is 9.26. The summed E-state index contributed by atoms with van der Waals surface area (Å²) in [4.78, 5) is 29.4. The third-order valence-corrected chi connectivity index (χ3v) is 5.63. The van der Waals surface area contributed by atoms with Gasteiger partial charge in [0.2, 0.25) is 4.80 Å². The van der Waals surface area contributed by atoms with Gasteiger partial charge >= 0.3 is 6.03 Å². The van der Waals surface area contributed by atoms with Crippen LogP contribution in [0, 0.1) is 5.82 Å². The SMILES string of the molecule is CCN1C(=O)N(CC)C2C1NN=c1s/c(=C\c3cccc(F)c3)c(=O)n12. The number of nitrogens with zero attached hydrogens (tertiary/aromatic N) is 4. The van der Waals surface area contributed by atoms with Crippen molar-refractivity contribution in [1.29, 1.82) is 0 Å². The van der Waals surface area contributed by atoms with Gasteiger partial charge in [-0.25, -0.2) is 9.18 Å². The number of benzene rings is 1. The van der Waals surface area contributed by atoms with Gasteiger partial charge in [-0.1, -0.05) is 23.5 Å². The van der Waals surface area contributed by atoms with Crippen LogP contribution in [0.15, 0.2) is 34.2 Å². The Balaban J connectivity index is 1.87. The highest BCUT2D eigenvalue weighted by molar-refractivity contribution is 7.07. The van der Waals surface area contributed by atoms with Crippen molar-refractivity contribution in [2.45, 2.75) is 26.2 Å². The lowest BCUT2D eigenvalue weighted by Gasteiger charge is -2.29. The summed E-state index contributed by atoms with van der Waals surface area (Å²) < 4.78 is 15.4. The fraction of sp³-hybridized carbons (Fsp3) is 0.353. The summed E-state index contributed by atoms with van der Waals surface area (Å²) in [5.74, 6) is -0.358. The van der Waals surface area contributed by atoms with E-state index in [9.17, 15) is 14.0 Å². The van der Waals surface area contributed by atoms with Gasteiger partial charge in [0.1, 0.15) is 5.82 Å². The summed E-state index contributed by atoms with van der Waals surface area (Å²) in [7, 11) is 0. The van der Waals surface area contributed by atoms with E-state index in [1.54, 1.807) is 32.6 Å². The molecular formula is C17H18FN5O2S. The Morgan fingerprint density at radius 1 is 1.27 bits per heavy atom. The lowest BCUT2D eigenvalue weighted by Crippen LogP contribution is -2.53. The van der Waals surface area contributed by atoms with E-state index in [0.717, 1.165) is 0 Å². The van der Waals surface area contributed by atoms with Crippen molar-refractivity contribution in [2.75, 3.05) is 13.1 Å². The number of rotatable bonds is 3. The summed E-state index contributed by atoms with van der Waals surface area (Å²) in [6, 6.07) is 5.95.